The number of phenolic OH excluding ortho intramolecular Hbond substituents is 1. The Morgan fingerprint density at radius 1 is 1.14 bits per heavy atom. The first kappa shape index (κ1) is 19.9. The second kappa shape index (κ2) is 6.97. The molecule has 0 atom stereocenters. The van der Waals surface area contributed by atoms with E-state index in [1.54, 1.807) is 31.2 Å². The van der Waals surface area contributed by atoms with Gasteiger partial charge in [0.05, 0.1) is 22.8 Å². The van der Waals surface area contributed by atoms with E-state index in [-0.39, 0.29) is 11.5 Å². The highest BCUT2D eigenvalue weighted by Gasteiger charge is 2.52. The van der Waals surface area contributed by atoms with E-state index in [0.717, 1.165) is 6.29 Å². The van der Waals surface area contributed by atoms with Crippen LogP contribution in [0.15, 0.2) is 30.3 Å². The smallest absolute Gasteiger partial charge is 0.495 e. The van der Waals surface area contributed by atoms with Crippen LogP contribution in [0.3, 0.4) is 0 Å². The van der Waals surface area contributed by atoms with E-state index >= 15 is 0 Å². The molecule has 1 aliphatic heterocycles. The number of ether oxygens (including phenoxy) is 1. The molecule has 1 N–H and O–H groups in total. The molecule has 6 nitrogen and oxygen atoms in total. The van der Waals surface area contributed by atoms with Gasteiger partial charge >= 0.3 is 7.12 Å². The monoisotopic (exact) mass is 379 g/mol. The summed E-state index contributed by atoms with van der Waals surface area (Å²) in [6.07, 6.45) is 0.719. The average molecular weight is 379 g/mol. The van der Waals surface area contributed by atoms with Crippen LogP contribution in [0.2, 0.25) is 0 Å². The molecule has 1 aliphatic rings. The highest BCUT2D eigenvalue weighted by atomic mass is 16.7. The number of nitriles is 1. The molecule has 0 spiro atoms. The number of phenols is 1. The number of nitrogens with zero attached hydrogens (tertiary/aromatic N) is 1. The van der Waals surface area contributed by atoms with Crippen molar-refractivity contribution in [3.05, 3.63) is 47.0 Å². The summed E-state index contributed by atoms with van der Waals surface area (Å²) >= 11 is 0. The molecular weight excluding hydrogens is 357 g/mol. The lowest BCUT2D eigenvalue weighted by atomic mass is 9.76. The van der Waals surface area contributed by atoms with Gasteiger partial charge in [-0.2, -0.15) is 5.26 Å². The zero-order chi connectivity index (χ0) is 20.7. The predicted molar refractivity (Wildman–Crippen MR) is 105 cm³/mol. The fraction of sp³-hybridized carbons (Fsp3) is 0.333. The van der Waals surface area contributed by atoms with Crippen molar-refractivity contribution in [2.45, 2.75) is 45.8 Å². The Hall–Kier alpha value is -2.82. The summed E-state index contributed by atoms with van der Waals surface area (Å²) in [5.74, 6) is 0.472. The molecule has 28 heavy (non-hydrogen) atoms. The van der Waals surface area contributed by atoms with Gasteiger partial charge in [-0.15, -0.1) is 0 Å². The van der Waals surface area contributed by atoms with Gasteiger partial charge in [-0.25, -0.2) is 0 Å². The molecule has 2 aromatic rings. The Balaban J connectivity index is 1.90. The Labute approximate surface area is 164 Å². The molecule has 144 valence electrons. The minimum atomic E-state index is -0.662. The number of hydrogen-bond donors (Lipinski definition) is 1. The highest BCUT2D eigenvalue weighted by molar-refractivity contribution is 6.63. The Morgan fingerprint density at radius 3 is 2.36 bits per heavy atom. The van der Waals surface area contributed by atoms with Crippen LogP contribution >= 0.6 is 0 Å². The molecule has 1 fully saturated rings. The highest BCUT2D eigenvalue weighted by Crippen LogP contribution is 2.38. The van der Waals surface area contributed by atoms with Gasteiger partial charge in [-0.1, -0.05) is 6.07 Å². The molecule has 0 amide bonds. The van der Waals surface area contributed by atoms with E-state index in [0.29, 0.717) is 27.9 Å². The zero-order valence-electron chi connectivity index (χ0n) is 16.6. The lowest BCUT2D eigenvalue weighted by Crippen LogP contribution is -2.41. The van der Waals surface area contributed by atoms with Crippen molar-refractivity contribution in [2.24, 2.45) is 0 Å². The summed E-state index contributed by atoms with van der Waals surface area (Å²) in [4.78, 5) is 11.7. The van der Waals surface area contributed by atoms with Gasteiger partial charge in [0.2, 0.25) is 0 Å². The average Bonchev–Trinajstić information content (AvgIpc) is 2.86. The number of hydrogen-bond acceptors (Lipinski definition) is 6. The molecule has 2 aromatic carbocycles. The van der Waals surface area contributed by atoms with E-state index in [1.165, 1.54) is 6.07 Å². The molecule has 0 saturated carbocycles. The topological polar surface area (TPSA) is 88.8 Å². The van der Waals surface area contributed by atoms with Crippen LogP contribution in [0.4, 0.5) is 0 Å². The van der Waals surface area contributed by atoms with Crippen LogP contribution in [0.5, 0.6) is 17.2 Å². The third-order valence-electron chi connectivity index (χ3n) is 5.43. The molecule has 7 heteroatoms. The van der Waals surface area contributed by atoms with E-state index < -0.39 is 18.3 Å². The number of aromatic hydroxyl groups is 1. The van der Waals surface area contributed by atoms with Crippen molar-refractivity contribution >= 4 is 18.9 Å². The fourth-order valence-electron chi connectivity index (χ4n) is 2.91. The molecule has 0 aliphatic carbocycles. The maximum atomic E-state index is 11.7. The molecule has 0 radical (unpaired) electrons. The standard InChI is InChI=1S/C21H22BNO5/c1-13-14(11-23)6-9-18(19(13)25)26-16-7-8-17(15(10-16)12-24)22-27-20(2,3)21(4,5)28-22/h6-10,12,25H,1-5H3. The number of rotatable bonds is 4. The van der Waals surface area contributed by atoms with Gasteiger partial charge in [0.1, 0.15) is 12.0 Å². The zero-order valence-corrected chi connectivity index (χ0v) is 16.6. The van der Waals surface area contributed by atoms with E-state index in [2.05, 4.69) is 0 Å². The van der Waals surface area contributed by atoms with Crippen LogP contribution in [-0.2, 0) is 9.31 Å². The molecule has 1 heterocycles. The maximum Gasteiger partial charge on any atom is 0.495 e. The minimum absolute atomic E-state index is 0.110. The van der Waals surface area contributed by atoms with Crippen molar-refractivity contribution in [1.82, 2.24) is 0 Å². The number of carbonyl (C=O) groups is 1. The first-order chi connectivity index (χ1) is 13.1. The SMILES string of the molecule is Cc1c(C#N)ccc(Oc2ccc(B3OC(C)(C)C(C)(C)O3)c(C=O)c2)c1O. The quantitative estimate of drug-likeness (QED) is 0.646. The van der Waals surface area contributed by atoms with Crippen LogP contribution in [0.1, 0.15) is 49.2 Å². The third-order valence-corrected chi connectivity index (χ3v) is 5.43. The summed E-state index contributed by atoms with van der Waals surface area (Å²) in [5.41, 5.74) is 0.762. The molecule has 0 unspecified atom stereocenters. The van der Waals surface area contributed by atoms with Crippen LogP contribution in [0, 0.1) is 18.3 Å². The van der Waals surface area contributed by atoms with Crippen molar-refractivity contribution in [3.8, 4) is 23.3 Å². The first-order valence-electron chi connectivity index (χ1n) is 8.95. The maximum absolute atomic E-state index is 11.7. The van der Waals surface area contributed by atoms with Crippen LogP contribution in [-0.4, -0.2) is 29.7 Å². The first-order valence-corrected chi connectivity index (χ1v) is 8.95. The third kappa shape index (κ3) is 3.37. The molecule has 0 bridgehead atoms. The summed E-state index contributed by atoms with van der Waals surface area (Å²) in [5, 5.41) is 19.3. The lowest BCUT2D eigenvalue weighted by molar-refractivity contribution is 0.00578. The van der Waals surface area contributed by atoms with Gasteiger partial charge in [0.15, 0.2) is 11.5 Å². The largest absolute Gasteiger partial charge is 0.504 e. The van der Waals surface area contributed by atoms with E-state index in [4.69, 9.17) is 19.3 Å². The fourth-order valence-corrected chi connectivity index (χ4v) is 2.91. The van der Waals surface area contributed by atoms with Crippen molar-refractivity contribution in [3.63, 3.8) is 0 Å². The van der Waals surface area contributed by atoms with Crippen LogP contribution < -0.4 is 10.2 Å². The molecule has 1 saturated heterocycles. The molecule has 0 aromatic heterocycles. The summed E-state index contributed by atoms with van der Waals surface area (Å²) in [6.45, 7) is 9.42. The summed E-state index contributed by atoms with van der Waals surface area (Å²) in [6, 6.07) is 10.1. The van der Waals surface area contributed by atoms with Gasteiger partial charge < -0.3 is 19.2 Å². The number of benzene rings is 2. The molecular formula is C21H22BNO5. The van der Waals surface area contributed by atoms with Gasteiger partial charge in [0.25, 0.3) is 0 Å². The van der Waals surface area contributed by atoms with Gasteiger partial charge in [-0.3, -0.25) is 4.79 Å². The van der Waals surface area contributed by atoms with E-state index in [1.807, 2.05) is 33.8 Å². The van der Waals surface area contributed by atoms with Crippen molar-refractivity contribution in [2.75, 3.05) is 0 Å². The van der Waals surface area contributed by atoms with E-state index in [9.17, 15) is 9.90 Å². The molecule has 3 rings (SSSR count). The second-order valence-electron chi connectivity index (χ2n) is 7.80. The van der Waals surface area contributed by atoms with Crippen molar-refractivity contribution < 1.29 is 23.9 Å². The minimum Gasteiger partial charge on any atom is -0.504 e. The Bertz CT molecular complexity index is 961. The normalized spacial score (nSPS) is 17.2. The van der Waals surface area contributed by atoms with Crippen molar-refractivity contribution in [1.29, 1.82) is 5.26 Å². The second-order valence-corrected chi connectivity index (χ2v) is 7.80. The number of carbonyl (C=O) groups excluding carboxylic acids is 1. The van der Waals surface area contributed by atoms with Gasteiger partial charge in [0, 0.05) is 11.1 Å². The number of aldehydes is 1. The summed E-state index contributed by atoms with van der Waals surface area (Å²) in [7, 11) is -0.662. The summed E-state index contributed by atoms with van der Waals surface area (Å²) < 4.78 is 17.8. The van der Waals surface area contributed by atoms with Gasteiger partial charge in [-0.05, 0) is 64.3 Å². The Morgan fingerprint density at radius 2 is 1.79 bits per heavy atom. The Kier molecular flexibility index (Phi) is 4.96. The lowest BCUT2D eigenvalue weighted by Gasteiger charge is -2.32. The predicted octanol–water partition coefficient (Wildman–Crippen LogP) is 3.48. The van der Waals surface area contributed by atoms with Crippen LogP contribution in [0.25, 0.3) is 0 Å².